The van der Waals surface area contributed by atoms with Gasteiger partial charge in [0.25, 0.3) is 0 Å². The van der Waals surface area contributed by atoms with Crippen molar-refractivity contribution in [3.8, 4) is 0 Å². The van der Waals surface area contributed by atoms with Crippen LogP contribution in [0.25, 0.3) is 0 Å². The van der Waals surface area contributed by atoms with Gasteiger partial charge in [-0.1, -0.05) is 0 Å². The molecule has 6 aliphatic carbocycles. The zero-order valence-corrected chi connectivity index (χ0v) is 15.8. The van der Waals surface area contributed by atoms with Crippen LogP contribution in [0.1, 0.15) is 44.9 Å². The minimum absolute atomic E-state index is 0.149. The number of hydrogen-bond donors (Lipinski definition) is 0. The zero-order valence-electron chi connectivity index (χ0n) is 15.8. The molecule has 1 heterocycles. The normalized spacial score (nSPS) is 43.4. The molecule has 7 fully saturated rings. The number of nitrogens with zero attached hydrogens (tertiary/aromatic N) is 2. The number of alkyl halides is 6. The average molecular weight is 424 g/mol. The summed E-state index contributed by atoms with van der Waals surface area (Å²) in [6.07, 6.45) is -8.95. The molecule has 0 atom stereocenters. The second kappa shape index (κ2) is 5.22. The molecular weight excluding hydrogens is 402 g/mol. The van der Waals surface area contributed by atoms with Crippen LogP contribution in [0.4, 0.5) is 26.3 Å². The summed E-state index contributed by atoms with van der Waals surface area (Å²) in [6, 6.07) is 0. The maximum Gasteiger partial charge on any atom is 0.394 e. The Morgan fingerprint density at radius 3 is 1.17 bits per heavy atom. The van der Waals surface area contributed by atoms with Crippen molar-refractivity contribution in [1.82, 2.24) is 9.80 Å². The second-order valence-corrected chi connectivity index (χ2v) is 10.1. The largest absolute Gasteiger partial charge is 0.394 e. The first-order valence-corrected chi connectivity index (χ1v) is 10.00. The monoisotopic (exact) mass is 424 g/mol. The molecule has 7 rings (SSSR count). The summed E-state index contributed by atoms with van der Waals surface area (Å²) in [5.41, 5.74) is -5.17. The fourth-order valence-corrected chi connectivity index (χ4v) is 6.63. The van der Waals surface area contributed by atoms with E-state index in [-0.39, 0.29) is 63.4 Å². The highest BCUT2D eigenvalue weighted by Crippen LogP contribution is 2.79. The first-order valence-electron chi connectivity index (χ1n) is 10.00. The topological polar surface area (TPSA) is 40.6 Å². The lowest BCUT2D eigenvalue weighted by atomic mass is 9.34. The number of halogens is 6. The van der Waals surface area contributed by atoms with Crippen molar-refractivity contribution in [3.05, 3.63) is 0 Å². The highest BCUT2D eigenvalue weighted by atomic mass is 19.4. The van der Waals surface area contributed by atoms with Gasteiger partial charge in [-0.2, -0.15) is 26.3 Å². The minimum Gasteiger partial charge on any atom is -0.340 e. The number of carbonyl (C=O) groups excluding carboxylic acids is 2. The van der Waals surface area contributed by atoms with Gasteiger partial charge in [0, 0.05) is 26.2 Å². The molecule has 0 unspecified atom stereocenters. The summed E-state index contributed by atoms with van der Waals surface area (Å²) in [4.78, 5) is 28.7. The molecule has 2 amide bonds. The lowest BCUT2D eigenvalue weighted by Gasteiger charge is -2.69. The molecule has 10 heteroatoms. The van der Waals surface area contributed by atoms with E-state index >= 15 is 0 Å². The predicted octanol–water partition coefficient (Wildman–Crippen LogP) is 3.51. The van der Waals surface area contributed by atoms with Gasteiger partial charge in [0.1, 0.15) is 0 Å². The first-order chi connectivity index (χ1) is 13.3. The molecule has 0 N–H and O–H groups in total. The van der Waals surface area contributed by atoms with Gasteiger partial charge in [-0.3, -0.25) is 9.59 Å². The fraction of sp³-hybridized carbons (Fsp3) is 0.895. The van der Waals surface area contributed by atoms with Gasteiger partial charge < -0.3 is 9.80 Å². The summed E-state index contributed by atoms with van der Waals surface area (Å²) >= 11 is 0. The van der Waals surface area contributed by atoms with E-state index in [0.717, 1.165) is 0 Å². The van der Waals surface area contributed by atoms with Crippen LogP contribution in [0, 0.1) is 21.7 Å². The number of hydrogen-bond acceptors (Lipinski definition) is 2. The Morgan fingerprint density at radius 2 is 0.897 bits per heavy atom. The second-order valence-electron chi connectivity index (χ2n) is 10.1. The summed E-state index contributed by atoms with van der Waals surface area (Å²) in [5.74, 6) is -0.529. The molecule has 1 aliphatic heterocycles. The van der Waals surface area contributed by atoms with Crippen molar-refractivity contribution in [2.45, 2.75) is 57.3 Å². The molecule has 1 saturated heterocycles. The van der Waals surface area contributed by atoms with Crippen LogP contribution in [0.3, 0.4) is 0 Å². The molecule has 4 bridgehead atoms. The molecule has 0 aromatic heterocycles. The Balaban J connectivity index is 1.17. The Hall–Kier alpha value is -1.48. The summed E-state index contributed by atoms with van der Waals surface area (Å²) in [6.45, 7) is 1.18. The van der Waals surface area contributed by atoms with E-state index in [1.165, 1.54) is 0 Å². The van der Waals surface area contributed by atoms with E-state index in [9.17, 15) is 35.9 Å². The molecule has 0 radical (unpaired) electrons. The Kier molecular flexibility index (Phi) is 3.51. The van der Waals surface area contributed by atoms with Gasteiger partial charge in [0.05, 0.1) is 21.7 Å². The highest BCUT2D eigenvalue weighted by Gasteiger charge is 2.82. The van der Waals surface area contributed by atoms with Crippen molar-refractivity contribution < 1.29 is 35.9 Å². The Labute approximate surface area is 163 Å². The van der Waals surface area contributed by atoms with Crippen molar-refractivity contribution in [1.29, 1.82) is 0 Å². The van der Waals surface area contributed by atoms with Crippen LogP contribution in [-0.2, 0) is 9.59 Å². The summed E-state index contributed by atoms with van der Waals surface area (Å²) in [7, 11) is 0. The average Bonchev–Trinajstić information content (AvgIpc) is 2.63. The lowest BCUT2D eigenvalue weighted by Crippen LogP contribution is -2.73. The van der Waals surface area contributed by atoms with Gasteiger partial charge in [0.15, 0.2) is 0 Å². The standard InChI is InChI=1S/C19H22F6N2O2/c20-18(21,22)16-6-14(7-16,8-16)12(28)26-2-1-3-27(5-4-26)13(29)15-9-17(10-15,11-15)19(23,24)25/h1-11H2. The third-order valence-electron chi connectivity index (χ3n) is 8.24. The van der Waals surface area contributed by atoms with Crippen LogP contribution in [0.5, 0.6) is 0 Å². The van der Waals surface area contributed by atoms with E-state index in [2.05, 4.69) is 0 Å². The molecule has 7 aliphatic rings. The first kappa shape index (κ1) is 19.5. The van der Waals surface area contributed by atoms with Crippen molar-refractivity contribution >= 4 is 11.8 Å². The van der Waals surface area contributed by atoms with Gasteiger partial charge in [0.2, 0.25) is 11.8 Å². The third-order valence-corrected chi connectivity index (χ3v) is 8.24. The molecule has 0 aromatic carbocycles. The summed E-state index contributed by atoms with van der Waals surface area (Å²) < 4.78 is 78.1. The lowest BCUT2D eigenvalue weighted by molar-refractivity contribution is -0.353. The van der Waals surface area contributed by atoms with Gasteiger partial charge in [-0.05, 0) is 44.9 Å². The maximum absolute atomic E-state index is 13.0. The van der Waals surface area contributed by atoms with Gasteiger partial charge >= 0.3 is 12.4 Å². The molecule has 0 spiro atoms. The number of amides is 2. The quantitative estimate of drug-likeness (QED) is 0.637. The van der Waals surface area contributed by atoms with Gasteiger partial charge in [-0.25, -0.2) is 0 Å². The van der Waals surface area contributed by atoms with Crippen molar-refractivity contribution in [3.63, 3.8) is 0 Å². The summed E-state index contributed by atoms with van der Waals surface area (Å²) in [5, 5.41) is 0. The minimum atomic E-state index is -4.27. The SMILES string of the molecule is O=C(N1CCCN(C(=O)C23CC(C(F)(F)F)(C2)C3)CC1)C12CC(C(F)(F)F)(C1)C2. The maximum atomic E-state index is 13.0. The van der Waals surface area contributed by atoms with Crippen molar-refractivity contribution in [2.24, 2.45) is 21.7 Å². The molecule has 0 aromatic rings. The molecular formula is C19H22F6N2O2. The van der Waals surface area contributed by atoms with Gasteiger partial charge in [-0.15, -0.1) is 0 Å². The predicted molar refractivity (Wildman–Crippen MR) is 87.3 cm³/mol. The van der Waals surface area contributed by atoms with E-state index in [1.807, 2.05) is 0 Å². The van der Waals surface area contributed by atoms with E-state index in [0.29, 0.717) is 19.5 Å². The highest BCUT2D eigenvalue weighted by molar-refractivity contribution is 5.88. The Bertz CT molecular complexity index is 685. The number of rotatable bonds is 2. The third kappa shape index (κ3) is 2.29. The smallest absolute Gasteiger partial charge is 0.340 e. The molecule has 4 nitrogen and oxygen atoms in total. The number of carbonyl (C=O) groups is 2. The molecule has 6 saturated carbocycles. The Morgan fingerprint density at radius 1 is 0.586 bits per heavy atom. The van der Waals surface area contributed by atoms with E-state index < -0.39 is 34.0 Å². The van der Waals surface area contributed by atoms with Crippen LogP contribution in [0.2, 0.25) is 0 Å². The van der Waals surface area contributed by atoms with Crippen molar-refractivity contribution in [2.75, 3.05) is 26.2 Å². The zero-order chi connectivity index (χ0) is 21.1. The van der Waals surface area contributed by atoms with E-state index in [1.54, 1.807) is 9.80 Å². The van der Waals surface area contributed by atoms with Crippen LogP contribution in [-0.4, -0.2) is 60.1 Å². The van der Waals surface area contributed by atoms with Crippen LogP contribution in [0.15, 0.2) is 0 Å². The molecule has 162 valence electrons. The molecule has 29 heavy (non-hydrogen) atoms. The fourth-order valence-electron chi connectivity index (χ4n) is 6.63. The van der Waals surface area contributed by atoms with E-state index in [4.69, 9.17) is 0 Å². The van der Waals surface area contributed by atoms with Crippen LogP contribution < -0.4 is 0 Å². The van der Waals surface area contributed by atoms with Crippen LogP contribution >= 0.6 is 0 Å².